The Morgan fingerprint density at radius 3 is 2.86 bits per heavy atom. The summed E-state index contributed by atoms with van der Waals surface area (Å²) in [5, 5.41) is 5.90. The molecule has 6 heteroatoms. The van der Waals surface area contributed by atoms with Gasteiger partial charge in [-0.2, -0.15) is 0 Å². The van der Waals surface area contributed by atoms with Crippen LogP contribution in [0, 0.1) is 11.3 Å². The highest BCUT2D eigenvalue weighted by Crippen LogP contribution is 2.22. The van der Waals surface area contributed by atoms with E-state index in [0.717, 1.165) is 0 Å². The first kappa shape index (κ1) is 15.5. The summed E-state index contributed by atoms with van der Waals surface area (Å²) in [5.74, 6) is -0.0739. The molecule has 1 saturated heterocycles. The topological polar surface area (TPSA) is 76.0 Å². The molecule has 1 aliphatic heterocycles. The summed E-state index contributed by atoms with van der Waals surface area (Å²) in [4.78, 5) is 27.6. The van der Waals surface area contributed by atoms with Crippen molar-refractivity contribution in [2.45, 2.75) is 46.2 Å². The maximum atomic E-state index is 12.4. The van der Waals surface area contributed by atoms with Gasteiger partial charge < -0.3 is 15.2 Å². The quantitative estimate of drug-likeness (QED) is 0.867. The van der Waals surface area contributed by atoms with Crippen molar-refractivity contribution in [2.24, 2.45) is 11.3 Å². The van der Waals surface area contributed by atoms with Gasteiger partial charge in [0.15, 0.2) is 0 Å². The van der Waals surface area contributed by atoms with Gasteiger partial charge in [-0.05, 0) is 11.8 Å². The zero-order valence-corrected chi connectivity index (χ0v) is 12.9. The molecular formula is C15H24N4O2. The van der Waals surface area contributed by atoms with Crippen LogP contribution in [-0.2, 0) is 16.1 Å². The van der Waals surface area contributed by atoms with Crippen LogP contribution in [0.2, 0.25) is 0 Å². The number of hydrogen-bond acceptors (Lipinski definition) is 3. The van der Waals surface area contributed by atoms with Gasteiger partial charge in [-0.3, -0.25) is 9.59 Å². The first-order valence-electron chi connectivity index (χ1n) is 7.39. The molecule has 1 aromatic heterocycles. The van der Waals surface area contributed by atoms with Gasteiger partial charge >= 0.3 is 0 Å². The smallest absolute Gasteiger partial charge is 0.225 e. The van der Waals surface area contributed by atoms with E-state index in [1.54, 1.807) is 12.5 Å². The fourth-order valence-corrected chi connectivity index (χ4v) is 2.39. The Morgan fingerprint density at radius 2 is 2.33 bits per heavy atom. The second kappa shape index (κ2) is 6.28. The second-order valence-electron chi connectivity index (χ2n) is 6.73. The van der Waals surface area contributed by atoms with Gasteiger partial charge in [-0.15, -0.1) is 0 Å². The van der Waals surface area contributed by atoms with E-state index in [-0.39, 0.29) is 29.2 Å². The van der Waals surface area contributed by atoms with Crippen LogP contribution in [-0.4, -0.2) is 34.0 Å². The summed E-state index contributed by atoms with van der Waals surface area (Å²) in [7, 11) is 0. The predicted molar refractivity (Wildman–Crippen MR) is 79.3 cm³/mol. The molecular weight excluding hydrogens is 268 g/mol. The van der Waals surface area contributed by atoms with E-state index in [1.807, 2.05) is 10.8 Å². The summed E-state index contributed by atoms with van der Waals surface area (Å²) in [6.07, 6.45) is 6.44. The van der Waals surface area contributed by atoms with Crippen LogP contribution < -0.4 is 10.6 Å². The first-order chi connectivity index (χ1) is 9.86. The van der Waals surface area contributed by atoms with Gasteiger partial charge in [0.1, 0.15) is 0 Å². The highest BCUT2D eigenvalue weighted by atomic mass is 16.2. The second-order valence-corrected chi connectivity index (χ2v) is 6.73. The molecule has 21 heavy (non-hydrogen) atoms. The van der Waals surface area contributed by atoms with Crippen LogP contribution in [0.4, 0.5) is 0 Å². The van der Waals surface area contributed by atoms with E-state index in [9.17, 15) is 9.59 Å². The number of nitrogens with one attached hydrogen (secondary N) is 2. The Kier molecular flexibility index (Phi) is 4.65. The number of rotatable bonds is 4. The molecule has 1 aromatic rings. The summed E-state index contributed by atoms with van der Waals surface area (Å²) in [5.41, 5.74) is -0.0577. The number of nitrogens with zero attached hydrogens (tertiary/aromatic N) is 2. The molecule has 0 saturated carbocycles. The summed E-state index contributed by atoms with van der Waals surface area (Å²) < 4.78 is 1.97. The van der Waals surface area contributed by atoms with E-state index in [2.05, 4.69) is 36.4 Å². The SMILES string of the molecule is CC(C)(C)C(Cn1ccnc1)NC(=O)C1CCC(=O)NC1. The molecule has 1 aliphatic rings. The number of imidazole rings is 1. The molecule has 2 amide bonds. The lowest BCUT2D eigenvalue weighted by molar-refractivity contribution is -0.130. The lowest BCUT2D eigenvalue weighted by atomic mass is 9.85. The number of piperidine rings is 1. The van der Waals surface area contributed by atoms with Crippen LogP contribution in [0.1, 0.15) is 33.6 Å². The van der Waals surface area contributed by atoms with Gasteiger partial charge in [0.05, 0.1) is 18.3 Å². The third-order valence-electron chi connectivity index (χ3n) is 3.95. The number of carbonyl (C=O) groups is 2. The monoisotopic (exact) mass is 292 g/mol. The van der Waals surface area contributed by atoms with Crippen LogP contribution in [0.25, 0.3) is 0 Å². The number of amides is 2. The number of hydrogen-bond donors (Lipinski definition) is 2. The van der Waals surface area contributed by atoms with Crippen molar-refractivity contribution in [1.29, 1.82) is 0 Å². The van der Waals surface area contributed by atoms with Crippen molar-refractivity contribution in [3.05, 3.63) is 18.7 Å². The minimum absolute atomic E-state index is 0.0110. The number of aromatic nitrogens is 2. The van der Waals surface area contributed by atoms with Crippen molar-refractivity contribution in [3.63, 3.8) is 0 Å². The third kappa shape index (κ3) is 4.31. The average Bonchev–Trinajstić information content (AvgIpc) is 2.90. The van der Waals surface area contributed by atoms with Gasteiger partial charge in [-0.1, -0.05) is 20.8 Å². The fourth-order valence-electron chi connectivity index (χ4n) is 2.39. The van der Waals surface area contributed by atoms with Gasteiger partial charge in [-0.25, -0.2) is 4.98 Å². The van der Waals surface area contributed by atoms with E-state index in [4.69, 9.17) is 0 Å². The Morgan fingerprint density at radius 1 is 1.57 bits per heavy atom. The Labute approximate surface area is 125 Å². The maximum Gasteiger partial charge on any atom is 0.225 e. The Hall–Kier alpha value is -1.85. The average molecular weight is 292 g/mol. The standard InChI is InChI=1S/C15H24N4O2/c1-15(2,3)12(9-19-7-6-16-10-19)18-14(21)11-4-5-13(20)17-8-11/h6-7,10-12H,4-5,8-9H2,1-3H3,(H,17,20)(H,18,21). The Bertz CT molecular complexity index is 480. The highest BCUT2D eigenvalue weighted by Gasteiger charge is 2.31. The zero-order valence-electron chi connectivity index (χ0n) is 12.9. The summed E-state index contributed by atoms with van der Waals surface area (Å²) >= 11 is 0. The maximum absolute atomic E-state index is 12.4. The largest absolute Gasteiger partial charge is 0.355 e. The van der Waals surface area contributed by atoms with Crippen molar-refractivity contribution < 1.29 is 9.59 Å². The fraction of sp³-hybridized carbons (Fsp3) is 0.667. The molecule has 0 radical (unpaired) electrons. The molecule has 0 bridgehead atoms. The molecule has 2 heterocycles. The van der Waals surface area contributed by atoms with Gasteiger partial charge in [0.25, 0.3) is 0 Å². The van der Waals surface area contributed by atoms with Crippen molar-refractivity contribution in [1.82, 2.24) is 20.2 Å². The molecule has 2 rings (SSSR count). The summed E-state index contributed by atoms with van der Waals surface area (Å²) in [6.45, 7) is 7.45. The van der Waals surface area contributed by atoms with Gasteiger partial charge in [0, 0.05) is 31.9 Å². The van der Waals surface area contributed by atoms with Crippen molar-refractivity contribution in [3.8, 4) is 0 Å². The molecule has 6 nitrogen and oxygen atoms in total. The first-order valence-corrected chi connectivity index (χ1v) is 7.39. The van der Waals surface area contributed by atoms with Crippen LogP contribution in [0.5, 0.6) is 0 Å². The molecule has 2 atom stereocenters. The van der Waals surface area contributed by atoms with E-state index in [1.165, 1.54) is 0 Å². The minimum Gasteiger partial charge on any atom is -0.355 e. The Balaban J connectivity index is 1.98. The molecule has 116 valence electrons. The van der Waals surface area contributed by atoms with E-state index < -0.39 is 0 Å². The third-order valence-corrected chi connectivity index (χ3v) is 3.95. The number of carbonyl (C=O) groups excluding carboxylic acids is 2. The van der Waals surface area contributed by atoms with Crippen molar-refractivity contribution in [2.75, 3.05) is 6.54 Å². The minimum atomic E-state index is -0.129. The van der Waals surface area contributed by atoms with Crippen molar-refractivity contribution >= 4 is 11.8 Å². The predicted octanol–water partition coefficient (Wildman–Crippen LogP) is 0.940. The highest BCUT2D eigenvalue weighted by molar-refractivity contribution is 5.83. The zero-order chi connectivity index (χ0) is 15.5. The van der Waals surface area contributed by atoms with Gasteiger partial charge in [0.2, 0.25) is 11.8 Å². The van der Waals surface area contributed by atoms with Crippen LogP contribution in [0.3, 0.4) is 0 Å². The normalized spacial score (nSPS) is 20.7. The lowest BCUT2D eigenvalue weighted by Crippen LogP contribution is -2.51. The van der Waals surface area contributed by atoms with E-state index >= 15 is 0 Å². The molecule has 0 spiro atoms. The molecule has 0 aromatic carbocycles. The van der Waals surface area contributed by atoms with Crippen LogP contribution >= 0.6 is 0 Å². The lowest BCUT2D eigenvalue weighted by Gasteiger charge is -2.33. The molecule has 0 aliphatic carbocycles. The molecule has 2 unspecified atom stereocenters. The van der Waals surface area contributed by atoms with E-state index in [0.29, 0.717) is 25.9 Å². The molecule has 2 N–H and O–H groups in total. The van der Waals surface area contributed by atoms with Crippen LogP contribution in [0.15, 0.2) is 18.7 Å². The summed E-state index contributed by atoms with van der Waals surface area (Å²) in [6, 6.07) is 0.0110. The molecule has 1 fully saturated rings.